The zero-order chi connectivity index (χ0) is 13.5. The second kappa shape index (κ2) is 7.57. The average Bonchev–Trinajstić information content (AvgIpc) is 3.34. The first-order valence-electron chi connectivity index (χ1n) is 6.60. The molecule has 3 rings (SSSR count). The van der Waals surface area contributed by atoms with Crippen LogP contribution < -0.4 is 11.5 Å². The Kier molecular flexibility index (Phi) is 5.75. The van der Waals surface area contributed by atoms with Crippen molar-refractivity contribution < 1.29 is 14.2 Å². The maximum Gasteiger partial charge on any atom is 0.104 e. The standard InChI is InChI=1S/C8H12N2.C6H10O3/c9-5-7-2-1-3-8(4-7)6-10;1(5-3-8-5)7-2-6-4-9-6/h1-4H,5-6,9-10H2;5-6H,1-4H2. The van der Waals surface area contributed by atoms with Crippen molar-refractivity contribution in [3.63, 3.8) is 0 Å². The smallest absolute Gasteiger partial charge is 0.104 e. The van der Waals surface area contributed by atoms with Gasteiger partial charge in [-0.25, -0.2) is 0 Å². The minimum absolute atomic E-state index is 0.392. The Morgan fingerprint density at radius 3 is 1.84 bits per heavy atom. The van der Waals surface area contributed by atoms with Crippen LogP contribution in [-0.2, 0) is 27.3 Å². The molecule has 0 amide bonds. The fourth-order valence-corrected chi connectivity index (χ4v) is 1.54. The lowest BCUT2D eigenvalue weighted by Gasteiger charge is -1.98. The van der Waals surface area contributed by atoms with Crippen molar-refractivity contribution in [2.75, 3.05) is 26.4 Å². The third kappa shape index (κ3) is 6.13. The number of ether oxygens (including phenoxy) is 3. The molecule has 2 atom stereocenters. The Morgan fingerprint density at radius 2 is 1.47 bits per heavy atom. The van der Waals surface area contributed by atoms with Gasteiger partial charge in [-0.1, -0.05) is 24.3 Å². The van der Waals surface area contributed by atoms with Gasteiger partial charge in [-0.2, -0.15) is 0 Å². The van der Waals surface area contributed by atoms with Crippen molar-refractivity contribution in [2.45, 2.75) is 25.3 Å². The molecule has 106 valence electrons. The zero-order valence-corrected chi connectivity index (χ0v) is 11.1. The molecule has 5 nitrogen and oxygen atoms in total. The topological polar surface area (TPSA) is 86.3 Å². The van der Waals surface area contributed by atoms with Crippen LogP contribution in [0.1, 0.15) is 11.1 Å². The van der Waals surface area contributed by atoms with Crippen LogP contribution in [0, 0.1) is 0 Å². The van der Waals surface area contributed by atoms with Crippen LogP contribution in [0.4, 0.5) is 0 Å². The normalized spacial score (nSPS) is 23.5. The van der Waals surface area contributed by atoms with E-state index in [1.807, 2.05) is 24.3 Å². The van der Waals surface area contributed by atoms with E-state index < -0.39 is 0 Å². The quantitative estimate of drug-likeness (QED) is 0.728. The molecule has 0 bridgehead atoms. The first-order valence-corrected chi connectivity index (χ1v) is 6.60. The predicted molar refractivity (Wildman–Crippen MR) is 72.5 cm³/mol. The Hall–Kier alpha value is -0.980. The second-order valence-corrected chi connectivity index (χ2v) is 4.68. The van der Waals surface area contributed by atoms with Crippen molar-refractivity contribution in [3.05, 3.63) is 35.4 Å². The second-order valence-electron chi connectivity index (χ2n) is 4.68. The van der Waals surface area contributed by atoms with Crippen LogP contribution in [0.5, 0.6) is 0 Å². The molecule has 2 unspecified atom stereocenters. The molecular formula is C14H22N2O3. The summed E-state index contributed by atoms with van der Waals surface area (Å²) in [6.45, 7) is 4.44. The lowest BCUT2D eigenvalue weighted by Crippen LogP contribution is -2.06. The summed E-state index contributed by atoms with van der Waals surface area (Å²) in [5.41, 5.74) is 13.1. The maximum absolute atomic E-state index is 5.43. The van der Waals surface area contributed by atoms with Crippen LogP contribution >= 0.6 is 0 Å². The third-order valence-electron chi connectivity index (χ3n) is 2.88. The lowest BCUT2D eigenvalue weighted by atomic mass is 10.1. The van der Waals surface area contributed by atoms with E-state index in [4.69, 9.17) is 25.7 Å². The van der Waals surface area contributed by atoms with Gasteiger partial charge in [0.15, 0.2) is 0 Å². The fraction of sp³-hybridized carbons (Fsp3) is 0.571. The molecule has 0 aromatic heterocycles. The molecule has 0 aliphatic carbocycles. The van der Waals surface area contributed by atoms with Crippen molar-refractivity contribution in [1.82, 2.24) is 0 Å². The molecule has 1 aromatic rings. The molecule has 2 aliphatic heterocycles. The Balaban J connectivity index is 0.000000141. The van der Waals surface area contributed by atoms with E-state index in [0.717, 1.165) is 37.6 Å². The minimum Gasteiger partial charge on any atom is -0.376 e. The summed E-state index contributed by atoms with van der Waals surface area (Å²) in [4.78, 5) is 0. The Labute approximate surface area is 113 Å². The van der Waals surface area contributed by atoms with Crippen LogP contribution in [0.15, 0.2) is 24.3 Å². The highest BCUT2D eigenvalue weighted by atomic mass is 16.6. The highest BCUT2D eigenvalue weighted by Crippen LogP contribution is 2.12. The van der Waals surface area contributed by atoms with Crippen LogP contribution in [0.25, 0.3) is 0 Å². The van der Waals surface area contributed by atoms with Crippen molar-refractivity contribution >= 4 is 0 Å². The number of nitrogens with two attached hydrogens (primary N) is 2. The molecule has 19 heavy (non-hydrogen) atoms. The first kappa shape index (κ1) is 14.4. The molecule has 5 heteroatoms. The molecule has 0 saturated carbocycles. The Morgan fingerprint density at radius 1 is 1.00 bits per heavy atom. The molecule has 0 spiro atoms. The van der Waals surface area contributed by atoms with Gasteiger partial charge in [0.1, 0.15) is 12.2 Å². The molecule has 4 N–H and O–H groups in total. The van der Waals surface area contributed by atoms with Gasteiger partial charge in [-0.3, -0.25) is 0 Å². The number of rotatable bonds is 6. The van der Waals surface area contributed by atoms with E-state index in [2.05, 4.69) is 0 Å². The zero-order valence-electron chi connectivity index (χ0n) is 11.1. The average molecular weight is 266 g/mol. The van der Waals surface area contributed by atoms with E-state index >= 15 is 0 Å². The summed E-state index contributed by atoms with van der Waals surface area (Å²) in [5, 5.41) is 0. The van der Waals surface area contributed by atoms with E-state index in [1.165, 1.54) is 0 Å². The van der Waals surface area contributed by atoms with Gasteiger partial charge in [0.05, 0.1) is 26.4 Å². The van der Waals surface area contributed by atoms with Crippen molar-refractivity contribution in [2.24, 2.45) is 11.5 Å². The van der Waals surface area contributed by atoms with E-state index in [1.54, 1.807) is 0 Å². The summed E-state index contributed by atoms with van der Waals surface area (Å²) >= 11 is 0. The third-order valence-corrected chi connectivity index (χ3v) is 2.88. The number of hydrogen-bond acceptors (Lipinski definition) is 5. The van der Waals surface area contributed by atoms with Crippen LogP contribution in [0.2, 0.25) is 0 Å². The van der Waals surface area contributed by atoms with Gasteiger partial charge in [0, 0.05) is 13.1 Å². The fourth-order valence-electron chi connectivity index (χ4n) is 1.54. The number of epoxide rings is 2. The summed E-state index contributed by atoms with van der Waals surface area (Å²) in [6.07, 6.45) is 0.785. The Bertz CT molecular complexity index is 347. The summed E-state index contributed by atoms with van der Waals surface area (Å²) in [7, 11) is 0. The summed E-state index contributed by atoms with van der Waals surface area (Å²) in [6, 6.07) is 8.00. The largest absolute Gasteiger partial charge is 0.376 e. The van der Waals surface area contributed by atoms with E-state index in [-0.39, 0.29) is 0 Å². The van der Waals surface area contributed by atoms with Gasteiger partial charge in [0.2, 0.25) is 0 Å². The summed E-state index contributed by atoms with van der Waals surface area (Å²) in [5.74, 6) is 0. The molecule has 2 saturated heterocycles. The molecule has 1 aromatic carbocycles. The molecule has 2 fully saturated rings. The first-order chi connectivity index (χ1) is 9.31. The van der Waals surface area contributed by atoms with Gasteiger partial charge in [0.25, 0.3) is 0 Å². The van der Waals surface area contributed by atoms with Gasteiger partial charge >= 0.3 is 0 Å². The number of hydrogen-bond donors (Lipinski definition) is 2. The van der Waals surface area contributed by atoms with Crippen molar-refractivity contribution in [3.8, 4) is 0 Å². The van der Waals surface area contributed by atoms with Gasteiger partial charge < -0.3 is 25.7 Å². The summed E-state index contributed by atoms with van der Waals surface area (Å²) < 4.78 is 15.1. The molecule has 2 heterocycles. The maximum atomic E-state index is 5.43. The van der Waals surface area contributed by atoms with Crippen LogP contribution in [-0.4, -0.2) is 38.6 Å². The minimum atomic E-state index is 0.392. The molecule has 0 radical (unpaired) electrons. The molecule has 2 aliphatic rings. The van der Waals surface area contributed by atoms with E-state index in [0.29, 0.717) is 25.3 Å². The molecular weight excluding hydrogens is 244 g/mol. The monoisotopic (exact) mass is 266 g/mol. The van der Waals surface area contributed by atoms with Crippen molar-refractivity contribution in [1.29, 1.82) is 0 Å². The predicted octanol–water partition coefficient (Wildman–Crippen LogP) is 0.405. The highest BCUT2D eigenvalue weighted by Gasteiger charge is 2.26. The van der Waals surface area contributed by atoms with Gasteiger partial charge in [-0.15, -0.1) is 0 Å². The SMILES string of the molecule is C(OCC1CO1)C1CO1.NCc1cccc(CN)c1. The van der Waals surface area contributed by atoms with Crippen LogP contribution in [0.3, 0.4) is 0 Å². The number of benzene rings is 1. The van der Waals surface area contributed by atoms with Gasteiger partial charge in [-0.05, 0) is 11.1 Å². The highest BCUT2D eigenvalue weighted by molar-refractivity contribution is 5.22. The van der Waals surface area contributed by atoms with E-state index in [9.17, 15) is 0 Å². The lowest BCUT2D eigenvalue weighted by molar-refractivity contribution is 0.102.